The molecule has 2 aliphatic heterocycles. The summed E-state index contributed by atoms with van der Waals surface area (Å²) in [6, 6.07) is 4.52. The van der Waals surface area contributed by atoms with Crippen molar-refractivity contribution in [3.63, 3.8) is 0 Å². The summed E-state index contributed by atoms with van der Waals surface area (Å²) in [4.78, 5) is 14.9. The van der Waals surface area contributed by atoms with Gasteiger partial charge in [-0.1, -0.05) is 6.42 Å². The second-order valence-electron chi connectivity index (χ2n) is 7.32. The minimum atomic E-state index is 0.109. The number of amides is 1. The minimum absolute atomic E-state index is 0.109. The number of furan rings is 1. The summed E-state index contributed by atoms with van der Waals surface area (Å²) in [7, 11) is 0. The van der Waals surface area contributed by atoms with Gasteiger partial charge in [0.1, 0.15) is 5.76 Å². The fraction of sp³-hybridized carbons (Fsp3) is 0.722. The summed E-state index contributed by atoms with van der Waals surface area (Å²) in [5.41, 5.74) is 0. The van der Waals surface area contributed by atoms with E-state index >= 15 is 0 Å². The molecule has 1 aromatic heterocycles. The molecule has 126 valence electrons. The van der Waals surface area contributed by atoms with Crippen molar-refractivity contribution in [2.24, 2.45) is 17.8 Å². The first kappa shape index (κ1) is 15.2. The third kappa shape index (κ3) is 3.31. The Morgan fingerprint density at radius 1 is 1.30 bits per heavy atom. The maximum absolute atomic E-state index is 12.3. The van der Waals surface area contributed by atoms with E-state index in [1.165, 1.54) is 25.8 Å². The summed E-state index contributed by atoms with van der Waals surface area (Å²) in [6.07, 6.45) is 6.30. The SMILES string of the molecule is O=C(C[C@@H]1COC[C@H]2CN(C3CCC3)C[C@@H]12)NCc1ccco1. The molecule has 0 radical (unpaired) electrons. The highest BCUT2D eigenvalue weighted by Gasteiger charge is 2.44. The van der Waals surface area contributed by atoms with Crippen molar-refractivity contribution in [3.05, 3.63) is 24.2 Å². The quantitative estimate of drug-likeness (QED) is 0.902. The molecule has 0 aromatic carbocycles. The average molecular weight is 318 g/mol. The van der Waals surface area contributed by atoms with E-state index < -0.39 is 0 Å². The van der Waals surface area contributed by atoms with Crippen LogP contribution < -0.4 is 5.32 Å². The maximum Gasteiger partial charge on any atom is 0.220 e. The lowest BCUT2D eigenvalue weighted by Gasteiger charge is -2.35. The zero-order valence-corrected chi connectivity index (χ0v) is 13.6. The number of hydrogen-bond donors (Lipinski definition) is 1. The minimum Gasteiger partial charge on any atom is -0.467 e. The van der Waals surface area contributed by atoms with E-state index in [2.05, 4.69) is 10.2 Å². The number of likely N-dealkylation sites (tertiary alicyclic amines) is 1. The van der Waals surface area contributed by atoms with E-state index in [-0.39, 0.29) is 5.91 Å². The number of carbonyl (C=O) groups excluding carboxylic acids is 1. The molecule has 3 fully saturated rings. The number of hydrogen-bond acceptors (Lipinski definition) is 4. The molecule has 3 aliphatic rings. The fourth-order valence-corrected chi connectivity index (χ4v) is 4.31. The molecule has 0 spiro atoms. The molecule has 1 amide bonds. The number of ether oxygens (including phenoxy) is 1. The average Bonchev–Trinajstić information content (AvgIpc) is 3.12. The highest BCUT2D eigenvalue weighted by atomic mass is 16.5. The number of nitrogens with zero attached hydrogens (tertiary/aromatic N) is 1. The highest BCUT2D eigenvalue weighted by Crippen LogP contribution is 2.39. The lowest BCUT2D eigenvalue weighted by molar-refractivity contribution is -0.124. The van der Waals surface area contributed by atoms with Crippen LogP contribution in [0.3, 0.4) is 0 Å². The summed E-state index contributed by atoms with van der Waals surface area (Å²) in [5, 5.41) is 2.97. The van der Waals surface area contributed by atoms with E-state index in [0.717, 1.165) is 31.6 Å². The van der Waals surface area contributed by atoms with Gasteiger partial charge in [-0.2, -0.15) is 0 Å². The smallest absolute Gasteiger partial charge is 0.220 e. The Labute approximate surface area is 137 Å². The van der Waals surface area contributed by atoms with Crippen LogP contribution in [0, 0.1) is 17.8 Å². The van der Waals surface area contributed by atoms with Crippen LogP contribution in [0.1, 0.15) is 31.4 Å². The highest BCUT2D eigenvalue weighted by molar-refractivity contribution is 5.76. The second kappa shape index (κ2) is 6.65. The molecule has 2 saturated heterocycles. The molecule has 1 aliphatic carbocycles. The predicted octanol–water partition coefficient (Wildman–Crippen LogP) is 2.03. The van der Waals surface area contributed by atoms with Crippen molar-refractivity contribution in [3.8, 4) is 0 Å². The van der Waals surface area contributed by atoms with E-state index in [1.807, 2.05) is 12.1 Å². The van der Waals surface area contributed by atoms with Gasteiger partial charge in [0.15, 0.2) is 0 Å². The molecular formula is C18H26N2O3. The van der Waals surface area contributed by atoms with Gasteiger partial charge in [-0.25, -0.2) is 0 Å². The van der Waals surface area contributed by atoms with Crippen LogP contribution in [-0.2, 0) is 16.1 Å². The van der Waals surface area contributed by atoms with Gasteiger partial charge < -0.3 is 14.5 Å². The van der Waals surface area contributed by atoms with Crippen molar-refractivity contribution < 1.29 is 13.9 Å². The molecule has 3 atom stereocenters. The van der Waals surface area contributed by atoms with Crippen LogP contribution in [0.15, 0.2) is 22.8 Å². The van der Waals surface area contributed by atoms with Crippen LogP contribution >= 0.6 is 0 Å². The summed E-state index contributed by atoms with van der Waals surface area (Å²) in [6.45, 7) is 4.41. The number of carbonyl (C=O) groups is 1. The molecule has 1 saturated carbocycles. The Balaban J connectivity index is 1.30. The number of nitrogens with one attached hydrogen (secondary N) is 1. The van der Waals surface area contributed by atoms with Gasteiger partial charge >= 0.3 is 0 Å². The van der Waals surface area contributed by atoms with E-state index in [9.17, 15) is 4.79 Å². The summed E-state index contributed by atoms with van der Waals surface area (Å²) in [5.74, 6) is 2.51. The standard InChI is InChI=1S/C18H26N2O3/c21-18(19-8-16-5-2-6-23-16)7-13-11-22-12-14-9-20(10-17(13)14)15-3-1-4-15/h2,5-6,13-15,17H,1,3-4,7-12H2,(H,19,21)/t13-,14-,17+/m1/s1. The Morgan fingerprint density at radius 2 is 2.22 bits per heavy atom. The topological polar surface area (TPSA) is 54.7 Å². The Bertz CT molecular complexity index is 526. The maximum atomic E-state index is 12.3. The predicted molar refractivity (Wildman–Crippen MR) is 85.7 cm³/mol. The number of rotatable bonds is 5. The fourth-order valence-electron chi connectivity index (χ4n) is 4.31. The first-order chi connectivity index (χ1) is 11.3. The van der Waals surface area contributed by atoms with E-state index in [1.54, 1.807) is 6.26 Å². The van der Waals surface area contributed by atoms with Crippen LogP contribution in [0.25, 0.3) is 0 Å². The van der Waals surface area contributed by atoms with E-state index in [0.29, 0.717) is 30.7 Å². The Morgan fingerprint density at radius 3 is 2.96 bits per heavy atom. The van der Waals surface area contributed by atoms with Crippen LogP contribution in [-0.4, -0.2) is 43.2 Å². The normalized spacial score (nSPS) is 31.6. The van der Waals surface area contributed by atoms with Gasteiger partial charge in [0.25, 0.3) is 0 Å². The lowest BCUT2D eigenvalue weighted by atomic mass is 9.81. The molecule has 1 aromatic rings. The molecule has 5 nitrogen and oxygen atoms in total. The third-order valence-corrected chi connectivity index (χ3v) is 5.87. The van der Waals surface area contributed by atoms with E-state index in [4.69, 9.17) is 9.15 Å². The zero-order valence-electron chi connectivity index (χ0n) is 13.6. The van der Waals surface area contributed by atoms with Gasteiger partial charge in [0, 0.05) is 25.6 Å². The second-order valence-corrected chi connectivity index (χ2v) is 7.32. The van der Waals surface area contributed by atoms with Gasteiger partial charge in [0.2, 0.25) is 5.91 Å². The van der Waals surface area contributed by atoms with Crippen LogP contribution in [0.4, 0.5) is 0 Å². The summed E-state index contributed by atoms with van der Waals surface area (Å²) < 4.78 is 11.1. The van der Waals surface area contributed by atoms with Crippen LogP contribution in [0.2, 0.25) is 0 Å². The molecule has 3 heterocycles. The largest absolute Gasteiger partial charge is 0.467 e. The third-order valence-electron chi connectivity index (χ3n) is 5.87. The Hall–Kier alpha value is -1.33. The van der Waals surface area contributed by atoms with Crippen molar-refractivity contribution in [2.45, 2.75) is 38.3 Å². The molecule has 5 heteroatoms. The molecule has 4 rings (SSSR count). The summed E-state index contributed by atoms with van der Waals surface area (Å²) >= 11 is 0. The van der Waals surface area contributed by atoms with Crippen molar-refractivity contribution in [2.75, 3.05) is 26.3 Å². The number of fused-ring (bicyclic) bond motifs is 1. The van der Waals surface area contributed by atoms with Crippen LogP contribution in [0.5, 0.6) is 0 Å². The molecule has 23 heavy (non-hydrogen) atoms. The Kier molecular flexibility index (Phi) is 4.40. The van der Waals surface area contributed by atoms with Crippen molar-refractivity contribution >= 4 is 5.91 Å². The van der Waals surface area contributed by atoms with Crippen molar-refractivity contribution in [1.29, 1.82) is 0 Å². The van der Waals surface area contributed by atoms with Gasteiger partial charge in [-0.15, -0.1) is 0 Å². The zero-order chi connectivity index (χ0) is 15.6. The van der Waals surface area contributed by atoms with Gasteiger partial charge in [0.05, 0.1) is 26.0 Å². The molecule has 1 N–H and O–H groups in total. The first-order valence-corrected chi connectivity index (χ1v) is 8.90. The first-order valence-electron chi connectivity index (χ1n) is 8.90. The van der Waals surface area contributed by atoms with Gasteiger partial charge in [-0.05, 0) is 42.7 Å². The lowest BCUT2D eigenvalue weighted by Crippen LogP contribution is -2.39. The molecule has 0 unspecified atom stereocenters. The molecule has 0 bridgehead atoms. The van der Waals surface area contributed by atoms with Gasteiger partial charge in [-0.3, -0.25) is 9.69 Å². The monoisotopic (exact) mass is 318 g/mol. The molecular weight excluding hydrogens is 292 g/mol. The van der Waals surface area contributed by atoms with Crippen molar-refractivity contribution in [1.82, 2.24) is 10.2 Å².